The molecule has 1 aliphatic rings. The van der Waals surface area contributed by atoms with Gasteiger partial charge in [-0.05, 0) is 31.9 Å². The Labute approximate surface area is 138 Å². The van der Waals surface area contributed by atoms with Crippen molar-refractivity contribution in [3.8, 4) is 0 Å². The third-order valence-electron chi connectivity index (χ3n) is 4.32. The zero-order valence-corrected chi connectivity index (χ0v) is 13.7. The first kappa shape index (κ1) is 16.2. The molecule has 3 rings (SSSR count). The van der Waals surface area contributed by atoms with Crippen molar-refractivity contribution in [2.24, 2.45) is 0 Å². The Kier molecular flexibility index (Phi) is 5.44. The zero-order valence-electron chi connectivity index (χ0n) is 13.7. The molecule has 122 valence electrons. The van der Waals surface area contributed by atoms with E-state index in [4.69, 9.17) is 9.47 Å². The lowest BCUT2D eigenvalue weighted by Gasteiger charge is -2.39. The molecule has 3 nitrogen and oxygen atoms in total. The predicted molar refractivity (Wildman–Crippen MR) is 92.0 cm³/mol. The lowest BCUT2D eigenvalue weighted by atomic mass is 10.0. The van der Waals surface area contributed by atoms with Crippen LogP contribution in [-0.2, 0) is 21.8 Å². The fraction of sp³-hybridized carbons (Fsp3) is 0.400. The summed E-state index contributed by atoms with van der Waals surface area (Å²) in [5.41, 5.74) is 2.40. The molecule has 1 heterocycles. The average Bonchev–Trinajstić information content (AvgIpc) is 2.61. The smallest absolute Gasteiger partial charge is 0.192 e. The largest absolute Gasteiger partial charge is 0.346 e. The molecule has 1 fully saturated rings. The van der Waals surface area contributed by atoms with Gasteiger partial charge in [-0.25, -0.2) is 0 Å². The van der Waals surface area contributed by atoms with Gasteiger partial charge in [0, 0.05) is 12.1 Å². The molecular weight excluding hydrogens is 286 g/mol. The molecule has 3 heteroatoms. The molecule has 0 radical (unpaired) electrons. The van der Waals surface area contributed by atoms with Crippen LogP contribution < -0.4 is 5.32 Å². The van der Waals surface area contributed by atoms with Crippen LogP contribution >= 0.6 is 0 Å². The molecule has 0 aromatic heterocycles. The van der Waals surface area contributed by atoms with Crippen molar-refractivity contribution in [3.05, 3.63) is 71.8 Å². The van der Waals surface area contributed by atoms with E-state index in [0.717, 1.165) is 38.1 Å². The number of nitrogens with one attached hydrogen (secondary N) is 1. The minimum Gasteiger partial charge on any atom is -0.346 e. The maximum Gasteiger partial charge on any atom is 0.192 e. The molecule has 0 spiro atoms. The fourth-order valence-corrected chi connectivity index (χ4v) is 2.98. The van der Waals surface area contributed by atoms with Crippen LogP contribution in [0.4, 0.5) is 0 Å². The summed E-state index contributed by atoms with van der Waals surface area (Å²) in [6.07, 6.45) is 2.19. The monoisotopic (exact) mass is 311 g/mol. The molecule has 1 aliphatic heterocycles. The molecule has 0 saturated carbocycles. The van der Waals surface area contributed by atoms with Gasteiger partial charge in [0.1, 0.15) is 0 Å². The average molecular weight is 311 g/mol. The van der Waals surface area contributed by atoms with E-state index in [0.29, 0.717) is 0 Å². The number of hydrogen-bond donors (Lipinski definition) is 1. The van der Waals surface area contributed by atoms with E-state index in [-0.39, 0.29) is 6.10 Å². The van der Waals surface area contributed by atoms with Gasteiger partial charge in [0.2, 0.25) is 0 Å². The first-order chi connectivity index (χ1) is 11.3. The number of benzene rings is 2. The van der Waals surface area contributed by atoms with E-state index in [2.05, 4.69) is 41.7 Å². The van der Waals surface area contributed by atoms with Crippen LogP contribution in [0.25, 0.3) is 0 Å². The van der Waals surface area contributed by atoms with Crippen LogP contribution in [-0.4, -0.2) is 19.3 Å². The van der Waals surface area contributed by atoms with E-state index < -0.39 is 5.79 Å². The van der Waals surface area contributed by atoms with Gasteiger partial charge in [-0.15, -0.1) is 0 Å². The molecule has 0 amide bonds. The molecule has 2 atom stereocenters. The van der Waals surface area contributed by atoms with Gasteiger partial charge in [-0.3, -0.25) is 0 Å². The van der Waals surface area contributed by atoms with Crippen LogP contribution in [0.15, 0.2) is 60.7 Å². The van der Waals surface area contributed by atoms with Crippen LogP contribution in [0.3, 0.4) is 0 Å². The van der Waals surface area contributed by atoms with E-state index in [9.17, 15) is 0 Å². The van der Waals surface area contributed by atoms with Gasteiger partial charge in [0.05, 0.1) is 12.7 Å². The molecule has 23 heavy (non-hydrogen) atoms. The van der Waals surface area contributed by atoms with Crippen molar-refractivity contribution in [3.63, 3.8) is 0 Å². The Morgan fingerprint density at radius 3 is 2.48 bits per heavy atom. The highest BCUT2D eigenvalue weighted by molar-refractivity contribution is 5.20. The molecule has 1 N–H and O–H groups in total. The summed E-state index contributed by atoms with van der Waals surface area (Å²) in [5, 5.41) is 3.50. The maximum absolute atomic E-state index is 6.25. The van der Waals surface area contributed by atoms with E-state index in [1.807, 2.05) is 31.2 Å². The van der Waals surface area contributed by atoms with Crippen LogP contribution in [0, 0.1) is 0 Å². The zero-order chi connectivity index (χ0) is 16.0. The third kappa shape index (κ3) is 4.41. The van der Waals surface area contributed by atoms with E-state index >= 15 is 0 Å². The first-order valence-electron chi connectivity index (χ1n) is 8.38. The summed E-state index contributed by atoms with van der Waals surface area (Å²) in [5.74, 6) is -0.621. The van der Waals surface area contributed by atoms with Crippen molar-refractivity contribution >= 4 is 0 Å². The van der Waals surface area contributed by atoms with Crippen molar-refractivity contribution in [1.29, 1.82) is 0 Å². The van der Waals surface area contributed by atoms with Crippen LogP contribution in [0.2, 0.25) is 0 Å². The molecule has 0 bridgehead atoms. The molecule has 1 saturated heterocycles. The lowest BCUT2D eigenvalue weighted by molar-refractivity contribution is -0.293. The second-order valence-corrected chi connectivity index (χ2v) is 6.14. The van der Waals surface area contributed by atoms with Crippen molar-refractivity contribution in [2.75, 3.05) is 13.2 Å². The summed E-state index contributed by atoms with van der Waals surface area (Å²) in [4.78, 5) is 0. The normalized spacial score (nSPS) is 24.5. The van der Waals surface area contributed by atoms with Gasteiger partial charge in [0.25, 0.3) is 0 Å². The quantitative estimate of drug-likeness (QED) is 0.822. The fourth-order valence-electron chi connectivity index (χ4n) is 2.98. The van der Waals surface area contributed by atoms with Gasteiger partial charge < -0.3 is 14.8 Å². The van der Waals surface area contributed by atoms with Crippen molar-refractivity contribution in [1.82, 2.24) is 5.32 Å². The highest BCUT2D eigenvalue weighted by Crippen LogP contribution is 2.33. The van der Waals surface area contributed by atoms with Crippen molar-refractivity contribution in [2.45, 2.75) is 38.2 Å². The van der Waals surface area contributed by atoms with E-state index in [1.54, 1.807) is 0 Å². The summed E-state index contributed by atoms with van der Waals surface area (Å²) in [6, 6.07) is 20.7. The SMILES string of the molecule is C[C@]1(c2ccccc2)OCC[C@H](CCNCc2ccccc2)O1. The number of ether oxygens (including phenoxy) is 2. The lowest BCUT2D eigenvalue weighted by Crippen LogP contribution is -2.41. The highest BCUT2D eigenvalue weighted by Gasteiger charge is 2.35. The van der Waals surface area contributed by atoms with Crippen molar-refractivity contribution < 1.29 is 9.47 Å². The van der Waals surface area contributed by atoms with Gasteiger partial charge >= 0.3 is 0 Å². The number of rotatable bonds is 6. The Balaban J connectivity index is 1.47. The second kappa shape index (κ2) is 7.73. The Morgan fingerprint density at radius 1 is 1.04 bits per heavy atom. The molecule has 2 aromatic rings. The maximum atomic E-state index is 6.25. The highest BCUT2D eigenvalue weighted by atomic mass is 16.7. The van der Waals surface area contributed by atoms with Gasteiger partial charge in [-0.1, -0.05) is 60.7 Å². The topological polar surface area (TPSA) is 30.5 Å². The Morgan fingerprint density at radius 2 is 1.74 bits per heavy atom. The predicted octanol–water partition coefficient (Wildman–Crippen LogP) is 3.84. The van der Waals surface area contributed by atoms with Crippen LogP contribution in [0.5, 0.6) is 0 Å². The summed E-state index contributed by atoms with van der Waals surface area (Å²) >= 11 is 0. The minimum absolute atomic E-state index is 0.234. The van der Waals surface area contributed by atoms with Crippen LogP contribution in [0.1, 0.15) is 30.9 Å². The third-order valence-corrected chi connectivity index (χ3v) is 4.32. The van der Waals surface area contributed by atoms with Gasteiger partial charge in [-0.2, -0.15) is 0 Å². The number of hydrogen-bond acceptors (Lipinski definition) is 3. The molecule has 0 unspecified atom stereocenters. The standard InChI is InChI=1S/C20H25NO2/c1-20(18-10-6-3-7-11-18)22-15-13-19(23-20)12-14-21-16-17-8-4-2-5-9-17/h2-11,19,21H,12-16H2,1H3/t19-,20-/m0/s1. The minimum atomic E-state index is -0.621. The van der Waals surface area contributed by atoms with Gasteiger partial charge in [0.15, 0.2) is 5.79 Å². The summed E-state index contributed by atoms with van der Waals surface area (Å²) in [6.45, 7) is 4.62. The Hall–Kier alpha value is -1.68. The molecule has 2 aromatic carbocycles. The molecule has 0 aliphatic carbocycles. The summed E-state index contributed by atoms with van der Waals surface area (Å²) in [7, 11) is 0. The summed E-state index contributed by atoms with van der Waals surface area (Å²) < 4.78 is 12.2. The first-order valence-corrected chi connectivity index (χ1v) is 8.38. The Bertz CT molecular complexity index is 587. The van der Waals surface area contributed by atoms with E-state index in [1.165, 1.54) is 5.56 Å². The molecular formula is C20H25NO2. The second-order valence-electron chi connectivity index (χ2n) is 6.14.